The third-order valence-corrected chi connectivity index (χ3v) is 1.28. The Morgan fingerprint density at radius 3 is 2.58 bits per heavy atom. The first-order chi connectivity index (χ1) is 5.75. The fraction of sp³-hybridized carbons (Fsp3) is 0.286. The van der Waals surface area contributed by atoms with Crippen molar-refractivity contribution in [3.05, 3.63) is 24.3 Å². The molecule has 1 aromatic rings. The highest BCUT2D eigenvalue weighted by molar-refractivity contribution is 5.73. The lowest BCUT2D eigenvalue weighted by Crippen LogP contribution is -2.16. The Morgan fingerprint density at radius 2 is 2.17 bits per heavy atom. The topological polar surface area (TPSA) is 72.3 Å². The molecule has 0 saturated carbocycles. The Bertz CT molecular complexity index is 263. The number of carboxylic acids is 1. The zero-order valence-electron chi connectivity index (χ0n) is 6.47. The molecule has 1 rings (SSSR count). The van der Waals surface area contributed by atoms with Gasteiger partial charge in [-0.1, -0.05) is 0 Å². The highest BCUT2D eigenvalue weighted by atomic mass is 16.5. The molecular formula is C7H8N2O3. The van der Waals surface area contributed by atoms with Crippen molar-refractivity contribution < 1.29 is 14.6 Å². The summed E-state index contributed by atoms with van der Waals surface area (Å²) in [5, 5.41) is 8.62. The van der Waals surface area contributed by atoms with E-state index in [1.165, 1.54) is 19.5 Å². The maximum absolute atomic E-state index is 10.5. The molecule has 12 heavy (non-hydrogen) atoms. The van der Waals surface area contributed by atoms with Gasteiger partial charge in [-0.05, 0) is 6.07 Å². The lowest BCUT2D eigenvalue weighted by molar-refractivity contribution is -0.149. The summed E-state index contributed by atoms with van der Waals surface area (Å²) in [6.07, 6.45) is 1.86. The molecule has 1 heterocycles. The van der Waals surface area contributed by atoms with Crippen molar-refractivity contribution in [3.63, 3.8) is 0 Å². The van der Waals surface area contributed by atoms with Crippen LogP contribution in [0.3, 0.4) is 0 Å². The molecular weight excluding hydrogens is 160 g/mol. The molecule has 64 valence electrons. The molecule has 0 amide bonds. The highest BCUT2D eigenvalue weighted by Crippen LogP contribution is 2.09. The standard InChI is InChI=1S/C7H8N2O3/c1-12-5(7(10)11)6-8-3-2-4-9-6/h2-5H,1H3,(H,10,11)/t5-/m1/s1. The predicted octanol–water partition coefficient (Wildman–Crippen LogP) is 0.249. The number of aromatic nitrogens is 2. The van der Waals surface area contributed by atoms with Crippen LogP contribution >= 0.6 is 0 Å². The number of rotatable bonds is 3. The van der Waals surface area contributed by atoms with Crippen LogP contribution in [0, 0.1) is 0 Å². The van der Waals surface area contributed by atoms with E-state index in [4.69, 9.17) is 5.11 Å². The number of methoxy groups -OCH3 is 1. The molecule has 0 unspecified atom stereocenters. The van der Waals surface area contributed by atoms with Gasteiger partial charge in [-0.15, -0.1) is 0 Å². The predicted molar refractivity (Wildman–Crippen MR) is 39.4 cm³/mol. The number of ether oxygens (including phenoxy) is 1. The smallest absolute Gasteiger partial charge is 0.340 e. The minimum Gasteiger partial charge on any atom is -0.479 e. The molecule has 0 spiro atoms. The minimum atomic E-state index is -1.09. The summed E-state index contributed by atoms with van der Waals surface area (Å²) >= 11 is 0. The van der Waals surface area contributed by atoms with E-state index >= 15 is 0 Å². The third-order valence-electron chi connectivity index (χ3n) is 1.28. The second-order valence-electron chi connectivity index (χ2n) is 2.06. The average molecular weight is 168 g/mol. The lowest BCUT2D eigenvalue weighted by Gasteiger charge is -2.06. The summed E-state index contributed by atoms with van der Waals surface area (Å²) in [6, 6.07) is 1.61. The van der Waals surface area contributed by atoms with E-state index in [2.05, 4.69) is 14.7 Å². The van der Waals surface area contributed by atoms with E-state index < -0.39 is 12.1 Å². The van der Waals surface area contributed by atoms with Crippen LogP contribution in [0.25, 0.3) is 0 Å². The minimum absolute atomic E-state index is 0.160. The molecule has 0 aliphatic heterocycles. The van der Waals surface area contributed by atoms with Crippen LogP contribution < -0.4 is 0 Å². The largest absolute Gasteiger partial charge is 0.479 e. The number of aliphatic carboxylic acids is 1. The van der Waals surface area contributed by atoms with Crippen molar-refractivity contribution in [2.24, 2.45) is 0 Å². The van der Waals surface area contributed by atoms with Crippen molar-refractivity contribution >= 4 is 5.97 Å². The van der Waals surface area contributed by atoms with Crippen LogP contribution in [0.5, 0.6) is 0 Å². The van der Waals surface area contributed by atoms with Gasteiger partial charge in [0.15, 0.2) is 5.82 Å². The summed E-state index contributed by atoms with van der Waals surface area (Å²) in [5.41, 5.74) is 0. The summed E-state index contributed by atoms with van der Waals surface area (Å²) < 4.78 is 4.67. The van der Waals surface area contributed by atoms with Gasteiger partial charge < -0.3 is 9.84 Å². The number of hydrogen-bond donors (Lipinski definition) is 1. The van der Waals surface area contributed by atoms with Crippen LogP contribution in [0.15, 0.2) is 18.5 Å². The van der Waals surface area contributed by atoms with E-state index in [1.54, 1.807) is 6.07 Å². The van der Waals surface area contributed by atoms with E-state index in [0.717, 1.165) is 0 Å². The van der Waals surface area contributed by atoms with Crippen molar-refractivity contribution in [2.75, 3.05) is 7.11 Å². The van der Waals surface area contributed by atoms with Crippen LogP contribution in [-0.2, 0) is 9.53 Å². The number of hydrogen-bond acceptors (Lipinski definition) is 4. The Balaban J connectivity index is 2.88. The fourth-order valence-electron chi connectivity index (χ4n) is 0.763. The van der Waals surface area contributed by atoms with Gasteiger partial charge in [0.2, 0.25) is 6.10 Å². The van der Waals surface area contributed by atoms with Crippen LogP contribution in [0.1, 0.15) is 11.9 Å². The van der Waals surface area contributed by atoms with Gasteiger partial charge in [0.05, 0.1) is 0 Å². The van der Waals surface area contributed by atoms with E-state index in [-0.39, 0.29) is 5.82 Å². The SMILES string of the molecule is CO[C@@H](C(=O)O)c1ncccn1. The zero-order valence-corrected chi connectivity index (χ0v) is 6.47. The van der Waals surface area contributed by atoms with Crippen LogP contribution in [0.2, 0.25) is 0 Å². The number of carboxylic acid groups (broad SMARTS) is 1. The van der Waals surface area contributed by atoms with Gasteiger partial charge in [0, 0.05) is 19.5 Å². The summed E-state index contributed by atoms with van der Waals surface area (Å²) in [7, 11) is 1.30. The molecule has 0 radical (unpaired) electrons. The van der Waals surface area contributed by atoms with Gasteiger partial charge >= 0.3 is 5.97 Å². The average Bonchev–Trinajstić information content (AvgIpc) is 2.07. The van der Waals surface area contributed by atoms with Crippen LogP contribution in [-0.4, -0.2) is 28.2 Å². The summed E-state index contributed by atoms with van der Waals surface area (Å²) in [5.74, 6) is -0.934. The van der Waals surface area contributed by atoms with Gasteiger partial charge in [-0.25, -0.2) is 14.8 Å². The highest BCUT2D eigenvalue weighted by Gasteiger charge is 2.20. The zero-order chi connectivity index (χ0) is 8.97. The van der Waals surface area contributed by atoms with E-state index in [9.17, 15) is 4.79 Å². The van der Waals surface area contributed by atoms with Crippen LogP contribution in [0.4, 0.5) is 0 Å². The molecule has 1 atom stereocenters. The van der Waals surface area contributed by atoms with Crippen molar-refractivity contribution in [1.82, 2.24) is 9.97 Å². The molecule has 0 fully saturated rings. The van der Waals surface area contributed by atoms with Gasteiger partial charge in [0.1, 0.15) is 0 Å². The monoisotopic (exact) mass is 168 g/mol. The first-order valence-electron chi connectivity index (χ1n) is 3.28. The summed E-state index contributed by atoms with van der Waals surface area (Å²) in [4.78, 5) is 18.0. The molecule has 5 nitrogen and oxygen atoms in total. The number of carbonyl (C=O) groups is 1. The van der Waals surface area contributed by atoms with Crippen molar-refractivity contribution in [1.29, 1.82) is 0 Å². The number of nitrogens with zero attached hydrogens (tertiary/aromatic N) is 2. The second-order valence-corrected chi connectivity index (χ2v) is 2.06. The van der Waals surface area contributed by atoms with Crippen molar-refractivity contribution in [2.45, 2.75) is 6.10 Å². The maximum Gasteiger partial charge on any atom is 0.340 e. The van der Waals surface area contributed by atoms with Gasteiger partial charge in [-0.3, -0.25) is 0 Å². The quantitative estimate of drug-likeness (QED) is 0.700. The van der Waals surface area contributed by atoms with Crippen molar-refractivity contribution in [3.8, 4) is 0 Å². The maximum atomic E-state index is 10.5. The summed E-state index contributed by atoms with van der Waals surface area (Å²) in [6.45, 7) is 0. The molecule has 5 heteroatoms. The van der Waals surface area contributed by atoms with E-state index in [1.807, 2.05) is 0 Å². The normalized spacial score (nSPS) is 12.4. The first kappa shape index (κ1) is 8.61. The second kappa shape index (κ2) is 3.77. The Kier molecular flexibility index (Phi) is 2.71. The Hall–Kier alpha value is -1.49. The first-order valence-corrected chi connectivity index (χ1v) is 3.28. The van der Waals surface area contributed by atoms with Gasteiger partial charge in [0.25, 0.3) is 0 Å². The molecule has 0 saturated heterocycles. The molecule has 0 bridgehead atoms. The molecule has 1 aromatic heterocycles. The molecule has 1 N–H and O–H groups in total. The Morgan fingerprint density at radius 1 is 1.58 bits per heavy atom. The molecule has 0 aromatic carbocycles. The molecule has 0 aliphatic rings. The van der Waals surface area contributed by atoms with E-state index in [0.29, 0.717) is 0 Å². The molecule has 0 aliphatic carbocycles. The Labute approximate surface area is 69.0 Å². The lowest BCUT2D eigenvalue weighted by atomic mass is 10.3. The fourth-order valence-corrected chi connectivity index (χ4v) is 0.763. The third kappa shape index (κ3) is 1.76. The van der Waals surface area contributed by atoms with Gasteiger partial charge in [-0.2, -0.15) is 0 Å².